The Labute approximate surface area is 294 Å². The van der Waals surface area contributed by atoms with Crippen molar-refractivity contribution in [3.05, 3.63) is 48.4 Å². The number of carbonyl (C=O) groups excluding carboxylic acids is 2. The first-order valence-corrected chi connectivity index (χ1v) is 16.3. The van der Waals surface area contributed by atoms with Gasteiger partial charge >= 0.3 is 12.2 Å². The molecule has 0 saturated carbocycles. The third-order valence-corrected chi connectivity index (χ3v) is 6.52. The van der Waals surface area contributed by atoms with Gasteiger partial charge in [-0.2, -0.15) is 0 Å². The topological polar surface area (TPSA) is 186 Å². The largest absolute Gasteiger partial charge is 0.488 e. The van der Waals surface area contributed by atoms with E-state index in [1.54, 1.807) is 30.7 Å². The van der Waals surface area contributed by atoms with Gasteiger partial charge < -0.3 is 30.0 Å². The molecule has 0 saturated heterocycles. The van der Waals surface area contributed by atoms with Crippen LogP contribution < -0.4 is 25.8 Å². The molecular formula is C34H51ClN8O6. The lowest BCUT2D eigenvalue weighted by molar-refractivity contribution is 0.0407. The number of methoxy groups -OCH3 is 1. The third kappa shape index (κ3) is 16.6. The summed E-state index contributed by atoms with van der Waals surface area (Å²) in [6, 6.07) is 3.41. The maximum atomic E-state index is 12.1. The van der Waals surface area contributed by atoms with Crippen LogP contribution in [0.2, 0.25) is 5.28 Å². The molecule has 0 spiro atoms. The number of hydrogen-bond acceptors (Lipinski definition) is 12. The monoisotopic (exact) mass is 702 g/mol. The lowest BCUT2D eigenvalue weighted by Crippen LogP contribution is -2.52. The molecule has 3 rings (SSSR count). The van der Waals surface area contributed by atoms with E-state index in [9.17, 15) is 9.59 Å². The summed E-state index contributed by atoms with van der Waals surface area (Å²) in [5.41, 5.74) is 5.41. The van der Waals surface area contributed by atoms with E-state index in [0.717, 1.165) is 12.8 Å². The lowest BCUT2D eigenvalue weighted by Gasteiger charge is -2.33. The van der Waals surface area contributed by atoms with Gasteiger partial charge in [0.15, 0.2) is 17.3 Å². The molecule has 0 fully saturated rings. The van der Waals surface area contributed by atoms with Crippen molar-refractivity contribution in [1.82, 2.24) is 30.2 Å². The summed E-state index contributed by atoms with van der Waals surface area (Å²) in [5.74, 6) is 2.76. The molecule has 2 atom stereocenters. The van der Waals surface area contributed by atoms with Crippen LogP contribution in [0.1, 0.15) is 75.2 Å². The van der Waals surface area contributed by atoms with Gasteiger partial charge in [-0.1, -0.05) is 27.7 Å². The Morgan fingerprint density at radius 1 is 0.837 bits per heavy atom. The highest BCUT2D eigenvalue weighted by Gasteiger charge is 2.31. The predicted molar refractivity (Wildman–Crippen MR) is 189 cm³/mol. The van der Waals surface area contributed by atoms with E-state index in [1.165, 1.54) is 19.5 Å². The molecule has 4 N–H and O–H groups in total. The number of pyridine rings is 1. The standard InChI is InChI=1S/C18H25N5O3.C16H26ClN3O3/c1-12(2)8-18(3,19)11-26-14-9-21-16(22-10-14)13-5-6-20-15(7-13)23-17(24)25-4;1-11(2)7-16(6,20-14(21)23-15(3,4)5)10-22-12-8-18-13(17)19-9-12/h5-7,9-10,12H,8,11,19H2,1-4H3,(H,20,23,24);8-9,11H,7,10H2,1-6H3,(H,20,21)/t18-;16-/m00/s1. The summed E-state index contributed by atoms with van der Waals surface area (Å²) in [4.78, 5) is 43.7. The summed E-state index contributed by atoms with van der Waals surface area (Å²) in [6.45, 7) is 18.5. The number of nitrogens with one attached hydrogen (secondary N) is 2. The number of ether oxygens (including phenoxy) is 4. The number of halogens is 1. The first-order chi connectivity index (χ1) is 22.8. The average molecular weight is 703 g/mol. The van der Waals surface area contributed by atoms with Crippen LogP contribution in [0, 0.1) is 11.8 Å². The van der Waals surface area contributed by atoms with Crippen LogP contribution in [0.15, 0.2) is 43.1 Å². The van der Waals surface area contributed by atoms with Gasteiger partial charge in [0.05, 0.1) is 37.4 Å². The van der Waals surface area contributed by atoms with E-state index in [-0.39, 0.29) is 11.9 Å². The van der Waals surface area contributed by atoms with Crippen molar-refractivity contribution in [2.24, 2.45) is 17.6 Å². The highest BCUT2D eigenvalue weighted by Crippen LogP contribution is 2.22. The molecule has 15 heteroatoms. The molecule has 0 aliphatic carbocycles. The van der Waals surface area contributed by atoms with Crippen LogP contribution in [0.4, 0.5) is 15.4 Å². The fourth-order valence-corrected chi connectivity index (χ4v) is 4.89. The van der Waals surface area contributed by atoms with Crippen LogP contribution in [0.3, 0.4) is 0 Å². The molecule has 3 heterocycles. The Hall–Kier alpha value is -4.30. The van der Waals surface area contributed by atoms with E-state index in [4.69, 9.17) is 31.5 Å². The van der Waals surface area contributed by atoms with E-state index >= 15 is 0 Å². The van der Waals surface area contributed by atoms with Gasteiger partial charge in [-0.25, -0.2) is 34.5 Å². The lowest BCUT2D eigenvalue weighted by atomic mass is 9.91. The summed E-state index contributed by atoms with van der Waals surface area (Å²) in [5, 5.41) is 5.57. The second-order valence-corrected chi connectivity index (χ2v) is 14.4. The zero-order valence-corrected chi connectivity index (χ0v) is 30.9. The van der Waals surface area contributed by atoms with Gasteiger partial charge in [0.1, 0.15) is 24.6 Å². The third-order valence-electron chi connectivity index (χ3n) is 6.32. The van der Waals surface area contributed by atoms with E-state index < -0.39 is 28.9 Å². The normalized spacial score (nSPS) is 13.7. The number of anilines is 1. The van der Waals surface area contributed by atoms with Crippen LogP contribution in [0.25, 0.3) is 11.4 Å². The highest BCUT2D eigenvalue weighted by atomic mass is 35.5. The molecule has 0 aliphatic rings. The Bertz CT molecular complexity index is 1470. The summed E-state index contributed by atoms with van der Waals surface area (Å²) in [7, 11) is 1.29. The first kappa shape index (κ1) is 40.9. The fourth-order valence-electron chi connectivity index (χ4n) is 4.79. The predicted octanol–water partition coefficient (Wildman–Crippen LogP) is 6.70. The van der Waals surface area contributed by atoms with Crippen molar-refractivity contribution in [3.8, 4) is 22.9 Å². The Morgan fingerprint density at radius 3 is 1.92 bits per heavy atom. The molecule has 3 aromatic heterocycles. The molecule has 0 aliphatic heterocycles. The molecule has 3 aromatic rings. The molecule has 0 aromatic carbocycles. The number of nitrogens with zero attached hydrogens (tertiary/aromatic N) is 5. The van der Waals surface area contributed by atoms with E-state index in [2.05, 4.69) is 68.0 Å². The molecule has 0 unspecified atom stereocenters. The van der Waals surface area contributed by atoms with Gasteiger partial charge in [0.2, 0.25) is 5.28 Å². The Balaban J connectivity index is 0.000000343. The molecule has 14 nitrogen and oxygen atoms in total. The summed E-state index contributed by atoms with van der Waals surface area (Å²) in [6.07, 6.45) is 8.29. The summed E-state index contributed by atoms with van der Waals surface area (Å²) < 4.78 is 21.3. The minimum Gasteiger partial charge on any atom is -0.488 e. The maximum Gasteiger partial charge on any atom is 0.412 e. The smallest absolute Gasteiger partial charge is 0.412 e. The summed E-state index contributed by atoms with van der Waals surface area (Å²) >= 11 is 5.65. The van der Waals surface area contributed by atoms with Crippen LogP contribution in [-0.2, 0) is 9.47 Å². The Kier molecular flexibility index (Phi) is 15.4. The maximum absolute atomic E-state index is 12.1. The van der Waals surface area contributed by atoms with Crippen molar-refractivity contribution in [3.63, 3.8) is 0 Å². The molecule has 2 amide bonds. The molecule has 0 radical (unpaired) electrons. The first-order valence-electron chi connectivity index (χ1n) is 15.9. The number of carbonyl (C=O) groups is 2. The number of aromatic nitrogens is 5. The van der Waals surface area contributed by atoms with Crippen molar-refractivity contribution in [2.45, 2.75) is 91.8 Å². The quantitative estimate of drug-likeness (QED) is 0.160. The average Bonchev–Trinajstić information content (AvgIpc) is 2.98. The number of nitrogens with two attached hydrogens (primary N) is 1. The highest BCUT2D eigenvalue weighted by molar-refractivity contribution is 6.28. The second-order valence-electron chi connectivity index (χ2n) is 14.1. The number of alkyl carbamates (subject to hydrolysis) is 1. The van der Waals surface area contributed by atoms with E-state index in [0.29, 0.717) is 47.1 Å². The number of rotatable bonds is 13. The zero-order chi connectivity index (χ0) is 36.8. The van der Waals surface area contributed by atoms with Gasteiger partial charge in [0, 0.05) is 17.3 Å². The minimum atomic E-state index is -0.592. The van der Waals surface area contributed by atoms with Crippen LogP contribution in [-0.4, -0.2) is 74.1 Å². The Morgan fingerprint density at radius 2 is 1.39 bits per heavy atom. The number of hydrogen-bond donors (Lipinski definition) is 3. The molecule has 49 heavy (non-hydrogen) atoms. The minimum absolute atomic E-state index is 0.161. The van der Waals surface area contributed by atoms with Gasteiger partial charge in [-0.05, 0) is 83.0 Å². The van der Waals surface area contributed by atoms with Gasteiger partial charge in [-0.15, -0.1) is 0 Å². The van der Waals surface area contributed by atoms with Crippen molar-refractivity contribution >= 4 is 29.6 Å². The molecule has 270 valence electrons. The molecule has 0 bridgehead atoms. The van der Waals surface area contributed by atoms with Crippen molar-refractivity contribution in [1.29, 1.82) is 0 Å². The van der Waals surface area contributed by atoms with Crippen LogP contribution >= 0.6 is 11.6 Å². The van der Waals surface area contributed by atoms with Gasteiger partial charge in [0.25, 0.3) is 0 Å². The zero-order valence-electron chi connectivity index (χ0n) is 30.2. The second kappa shape index (κ2) is 18.5. The SMILES string of the molecule is CC(C)C[C@@](C)(COc1cnc(Cl)nc1)NC(=O)OC(C)(C)C.COC(=O)Nc1cc(-c2ncc(OC[C@@](C)(N)CC(C)C)cn2)ccn1. The fraction of sp³-hybridized carbons (Fsp3) is 0.559. The number of amides is 2. The van der Waals surface area contributed by atoms with Crippen molar-refractivity contribution < 1.29 is 28.5 Å². The van der Waals surface area contributed by atoms with Crippen molar-refractivity contribution in [2.75, 3.05) is 25.6 Å². The van der Waals surface area contributed by atoms with Gasteiger partial charge in [-0.3, -0.25) is 5.32 Å². The molecular weight excluding hydrogens is 652 g/mol. The van der Waals surface area contributed by atoms with Crippen LogP contribution in [0.5, 0.6) is 11.5 Å². The van der Waals surface area contributed by atoms with E-state index in [1.807, 2.05) is 34.6 Å².